The van der Waals surface area contributed by atoms with Crippen molar-refractivity contribution in [3.63, 3.8) is 0 Å². The second-order valence-electron chi connectivity index (χ2n) is 7.10. The van der Waals surface area contributed by atoms with Crippen LogP contribution in [0.3, 0.4) is 0 Å². The molecule has 2 aromatic carbocycles. The molecule has 156 valence electrons. The summed E-state index contributed by atoms with van der Waals surface area (Å²) in [5.41, 5.74) is 2.10. The number of nitrogens with zero attached hydrogens (tertiary/aromatic N) is 2. The molecule has 1 aliphatic rings. The number of nitrogens with one attached hydrogen (secondary N) is 1. The highest BCUT2D eigenvalue weighted by atomic mass is 35.5. The first kappa shape index (κ1) is 22.1. The highest BCUT2D eigenvalue weighted by molar-refractivity contribution is 7.89. The molecule has 0 unspecified atom stereocenters. The average Bonchev–Trinajstić information content (AvgIpc) is 2.67. The molecule has 0 radical (unpaired) electrons. The molecule has 1 amide bonds. The van der Waals surface area contributed by atoms with E-state index < -0.39 is 10.0 Å². The summed E-state index contributed by atoms with van der Waals surface area (Å²) in [7, 11) is -3.55. The van der Waals surface area contributed by atoms with Gasteiger partial charge in [0.1, 0.15) is 0 Å². The van der Waals surface area contributed by atoms with Gasteiger partial charge in [-0.3, -0.25) is 9.69 Å². The molecule has 1 heterocycles. The van der Waals surface area contributed by atoms with Crippen molar-refractivity contribution >= 4 is 44.8 Å². The van der Waals surface area contributed by atoms with Gasteiger partial charge in [0.25, 0.3) is 0 Å². The van der Waals surface area contributed by atoms with Gasteiger partial charge in [0, 0.05) is 26.2 Å². The first-order chi connectivity index (χ1) is 13.7. The molecule has 0 aromatic heterocycles. The van der Waals surface area contributed by atoms with Crippen LogP contribution in [0.1, 0.15) is 11.1 Å². The molecule has 0 spiro atoms. The Hall–Kier alpha value is -1.64. The van der Waals surface area contributed by atoms with E-state index in [1.165, 1.54) is 4.31 Å². The van der Waals surface area contributed by atoms with Crippen LogP contribution >= 0.6 is 23.2 Å². The zero-order valence-electron chi connectivity index (χ0n) is 16.3. The van der Waals surface area contributed by atoms with E-state index in [-0.39, 0.29) is 12.5 Å². The summed E-state index contributed by atoms with van der Waals surface area (Å²) in [6.07, 6.45) is 0. The summed E-state index contributed by atoms with van der Waals surface area (Å²) in [5, 5.41) is 3.42. The molecular formula is C20H23Cl2N3O3S. The summed E-state index contributed by atoms with van der Waals surface area (Å²) in [4.78, 5) is 14.6. The van der Waals surface area contributed by atoms with E-state index in [1.54, 1.807) is 31.2 Å². The Kier molecular flexibility index (Phi) is 6.86. The number of carbonyl (C=O) groups is 1. The van der Waals surface area contributed by atoms with Gasteiger partial charge in [0.15, 0.2) is 0 Å². The third-order valence-electron chi connectivity index (χ3n) is 4.89. The zero-order valence-corrected chi connectivity index (χ0v) is 18.6. The zero-order chi connectivity index (χ0) is 21.2. The van der Waals surface area contributed by atoms with Crippen LogP contribution in [0.5, 0.6) is 0 Å². The van der Waals surface area contributed by atoms with Crippen LogP contribution in [0.4, 0.5) is 5.69 Å². The molecule has 0 saturated carbocycles. The van der Waals surface area contributed by atoms with Gasteiger partial charge in [-0.1, -0.05) is 41.4 Å². The van der Waals surface area contributed by atoms with E-state index >= 15 is 0 Å². The predicted molar refractivity (Wildman–Crippen MR) is 116 cm³/mol. The Bertz CT molecular complexity index is 1020. The summed E-state index contributed by atoms with van der Waals surface area (Å²) in [5.74, 6) is -0.222. The van der Waals surface area contributed by atoms with Crippen molar-refractivity contribution in [3.05, 3.63) is 57.6 Å². The minimum absolute atomic E-state index is 0.153. The normalized spacial score (nSPS) is 16.0. The second kappa shape index (κ2) is 9.02. The van der Waals surface area contributed by atoms with Crippen LogP contribution in [0, 0.1) is 13.8 Å². The number of hydrogen-bond donors (Lipinski definition) is 1. The molecule has 9 heteroatoms. The largest absolute Gasteiger partial charge is 0.324 e. The smallest absolute Gasteiger partial charge is 0.243 e. The van der Waals surface area contributed by atoms with E-state index in [0.29, 0.717) is 46.8 Å². The third kappa shape index (κ3) is 5.10. The molecule has 29 heavy (non-hydrogen) atoms. The number of benzene rings is 2. The van der Waals surface area contributed by atoms with Crippen molar-refractivity contribution in [1.82, 2.24) is 9.21 Å². The Morgan fingerprint density at radius 1 is 1.07 bits per heavy atom. The number of piperazine rings is 1. The third-order valence-corrected chi connectivity index (χ3v) is 7.75. The van der Waals surface area contributed by atoms with Crippen LogP contribution in [-0.4, -0.2) is 56.3 Å². The van der Waals surface area contributed by atoms with Gasteiger partial charge in [-0.15, -0.1) is 0 Å². The summed E-state index contributed by atoms with van der Waals surface area (Å²) >= 11 is 12.1. The van der Waals surface area contributed by atoms with Crippen LogP contribution in [-0.2, 0) is 14.8 Å². The topological polar surface area (TPSA) is 69.7 Å². The van der Waals surface area contributed by atoms with E-state index in [4.69, 9.17) is 23.2 Å². The average molecular weight is 456 g/mol. The minimum atomic E-state index is -3.55. The number of halogens is 2. The van der Waals surface area contributed by atoms with Crippen LogP contribution in [0.25, 0.3) is 0 Å². The molecule has 0 aliphatic carbocycles. The maximum atomic E-state index is 13.0. The summed E-state index contributed by atoms with van der Waals surface area (Å²) < 4.78 is 27.5. The number of anilines is 1. The van der Waals surface area contributed by atoms with Crippen molar-refractivity contribution in [2.45, 2.75) is 18.7 Å². The fourth-order valence-corrected chi connectivity index (χ4v) is 5.33. The number of hydrogen-bond acceptors (Lipinski definition) is 4. The first-order valence-electron chi connectivity index (χ1n) is 9.22. The van der Waals surface area contributed by atoms with Crippen molar-refractivity contribution in [2.24, 2.45) is 0 Å². The molecule has 1 aliphatic heterocycles. The number of carbonyl (C=O) groups excluding carboxylic acids is 1. The summed E-state index contributed by atoms with van der Waals surface area (Å²) in [6, 6.07) is 10.5. The number of aryl methyl sites for hydroxylation is 2. The first-order valence-corrected chi connectivity index (χ1v) is 11.4. The Balaban J connectivity index is 1.59. The van der Waals surface area contributed by atoms with Gasteiger partial charge >= 0.3 is 0 Å². The summed E-state index contributed by atoms with van der Waals surface area (Å²) in [6.45, 7) is 5.44. The molecular weight excluding hydrogens is 433 g/mol. The maximum absolute atomic E-state index is 13.0. The lowest BCUT2D eigenvalue weighted by molar-refractivity contribution is -0.117. The monoisotopic (exact) mass is 455 g/mol. The van der Waals surface area contributed by atoms with Gasteiger partial charge in [0.2, 0.25) is 15.9 Å². The van der Waals surface area contributed by atoms with Gasteiger partial charge in [-0.2, -0.15) is 4.31 Å². The molecule has 1 N–H and O–H groups in total. The van der Waals surface area contributed by atoms with Gasteiger partial charge in [-0.05, 0) is 43.2 Å². The van der Waals surface area contributed by atoms with Crippen LogP contribution in [0.2, 0.25) is 10.0 Å². The van der Waals surface area contributed by atoms with E-state index in [2.05, 4.69) is 5.32 Å². The van der Waals surface area contributed by atoms with E-state index in [1.807, 2.05) is 24.0 Å². The van der Waals surface area contributed by atoms with Crippen molar-refractivity contribution in [3.8, 4) is 0 Å². The second-order valence-corrected chi connectivity index (χ2v) is 9.79. The minimum Gasteiger partial charge on any atom is -0.324 e. The lowest BCUT2D eigenvalue weighted by Crippen LogP contribution is -2.50. The van der Waals surface area contributed by atoms with E-state index in [9.17, 15) is 13.2 Å². The maximum Gasteiger partial charge on any atom is 0.243 e. The number of rotatable bonds is 5. The highest BCUT2D eigenvalue weighted by Gasteiger charge is 2.30. The lowest BCUT2D eigenvalue weighted by Gasteiger charge is -2.33. The van der Waals surface area contributed by atoms with E-state index in [0.717, 1.165) is 11.1 Å². The molecule has 2 aromatic rings. The fraction of sp³-hybridized carbons (Fsp3) is 0.350. The molecule has 6 nitrogen and oxygen atoms in total. The molecule has 0 atom stereocenters. The number of amides is 1. The molecule has 3 rings (SSSR count). The molecule has 0 bridgehead atoms. The van der Waals surface area contributed by atoms with Gasteiger partial charge in [-0.25, -0.2) is 8.42 Å². The quantitative estimate of drug-likeness (QED) is 0.747. The Morgan fingerprint density at radius 2 is 1.76 bits per heavy atom. The van der Waals surface area contributed by atoms with Crippen molar-refractivity contribution in [1.29, 1.82) is 0 Å². The molecule has 1 saturated heterocycles. The van der Waals surface area contributed by atoms with Crippen LogP contribution < -0.4 is 5.32 Å². The SMILES string of the molecule is Cc1ccc(C)c(S(=O)(=O)N2CCN(CC(=O)Nc3cccc(Cl)c3Cl)CC2)c1. The highest BCUT2D eigenvalue weighted by Crippen LogP contribution is 2.29. The number of sulfonamides is 1. The van der Waals surface area contributed by atoms with Crippen molar-refractivity contribution < 1.29 is 13.2 Å². The predicted octanol–water partition coefficient (Wildman–Crippen LogP) is 3.56. The Morgan fingerprint density at radius 3 is 2.45 bits per heavy atom. The van der Waals surface area contributed by atoms with Gasteiger partial charge < -0.3 is 5.32 Å². The van der Waals surface area contributed by atoms with Crippen LogP contribution in [0.15, 0.2) is 41.3 Å². The molecule has 1 fully saturated rings. The lowest BCUT2D eigenvalue weighted by atomic mass is 10.2. The Labute approximate surface area is 181 Å². The van der Waals surface area contributed by atoms with Crippen molar-refractivity contribution in [2.75, 3.05) is 38.0 Å². The van der Waals surface area contributed by atoms with Gasteiger partial charge in [0.05, 0.1) is 27.2 Å². The fourth-order valence-electron chi connectivity index (χ4n) is 3.25. The standard InChI is InChI=1S/C20H23Cl2N3O3S/c1-14-6-7-15(2)18(12-14)29(27,28)25-10-8-24(9-11-25)13-19(26)23-17-5-3-4-16(21)20(17)22/h3-7,12H,8-11,13H2,1-2H3,(H,23,26).